The first-order chi connectivity index (χ1) is 10.8. The van der Waals surface area contributed by atoms with Gasteiger partial charge >= 0.3 is 0 Å². The number of rotatable bonds is 5. The number of amides is 1. The van der Waals surface area contributed by atoms with Crippen molar-refractivity contribution in [2.24, 2.45) is 0 Å². The van der Waals surface area contributed by atoms with Crippen LogP contribution in [-0.2, 0) is 0 Å². The summed E-state index contributed by atoms with van der Waals surface area (Å²) in [6.07, 6.45) is 0. The van der Waals surface area contributed by atoms with Crippen LogP contribution in [-0.4, -0.2) is 19.1 Å². The van der Waals surface area contributed by atoms with E-state index in [4.69, 9.17) is 4.74 Å². The Morgan fingerprint density at radius 2 is 1.59 bits per heavy atom. The predicted molar refractivity (Wildman–Crippen MR) is 88.2 cm³/mol. The summed E-state index contributed by atoms with van der Waals surface area (Å²) in [6.45, 7) is 0.914. The lowest BCUT2D eigenvalue weighted by Crippen LogP contribution is -2.28. The Labute approximate surface area is 129 Å². The number of benzene rings is 3. The molecule has 0 aliphatic heterocycles. The molecule has 0 atom stereocenters. The number of carbonyl (C=O) groups is 1. The number of ether oxygens (including phenoxy) is 1. The number of fused-ring (bicyclic) bond motifs is 1. The normalized spacial score (nSPS) is 10.4. The van der Waals surface area contributed by atoms with Crippen molar-refractivity contribution in [2.75, 3.05) is 13.2 Å². The van der Waals surface area contributed by atoms with E-state index in [2.05, 4.69) is 5.32 Å². The van der Waals surface area contributed by atoms with Crippen LogP contribution >= 0.6 is 0 Å². The van der Waals surface area contributed by atoms with Crippen molar-refractivity contribution in [3.05, 3.63) is 78.4 Å². The van der Waals surface area contributed by atoms with Gasteiger partial charge < -0.3 is 10.1 Å². The van der Waals surface area contributed by atoms with Gasteiger partial charge in [-0.1, -0.05) is 54.6 Å². The lowest BCUT2D eigenvalue weighted by atomic mass is 10.0. The summed E-state index contributed by atoms with van der Waals surface area (Å²) in [5.41, 5.74) is 0.692. The van der Waals surface area contributed by atoms with Crippen LogP contribution < -0.4 is 10.1 Å². The molecule has 3 aromatic carbocycles. The zero-order chi connectivity index (χ0) is 15.2. The molecule has 0 aliphatic carbocycles. The number of carbonyl (C=O) groups excluding carboxylic acids is 1. The minimum Gasteiger partial charge on any atom is -0.492 e. The lowest BCUT2D eigenvalue weighted by Gasteiger charge is -2.09. The molecular formula is C19H17NO2. The van der Waals surface area contributed by atoms with Gasteiger partial charge in [-0.15, -0.1) is 0 Å². The van der Waals surface area contributed by atoms with E-state index >= 15 is 0 Å². The van der Waals surface area contributed by atoms with E-state index < -0.39 is 0 Å². The monoisotopic (exact) mass is 291 g/mol. The Morgan fingerprint density at radius 3 is 2.45 bits per heavy atom. The predicted octanol–water partition coefficient (Wildman–Crippen LogP) is 3.65. The Hall–Kier alpha value is -2.81. The number of para-hydroxylation sites is 1. The summed E-state index contributed by atoms with van der Waals surface area (Å²) >= 11 is 0. The van der Waals surface area contributed by atoms with Crippen molar-refractivity contribution in [3.63, 3.8) is 0 Å². The molecule has 1 amide bonds. The highest BCUT2D eigenvalue weighted by Gasteiger charge is 2.08. The van der Waals surface area contributed by atoms with E-state index in [1.165, 1.54) is 0 Å². The highest BCUT2D eigenvalue weighted by atomic mass is 16.5. The zero-order valence-corrected chi connectivity index (χ0v) is 12.2. The van der Waals surface area contributed by atoms with Crippen LogP contribution in [0, 0.1) is 0 Å². The molecule has 0 saturated carbocycles. The van der Waals surface area contributed by atoms with Crippen LogP contribution in [0.2, 0.25) is 0 Å². The van der Waals surface area contributed by atoms with Gasteiger partial charge in [-0.05, 0) is 29.0 Å². The van der Waals surface area contributed by atoms with Gasteiger partial charge in [-0.25, -0.2) is 0 Å². The average Bonchev–Trinajstić information content (AvgIpc) is 2.59. The molecule has 0 fully saturated rings. The Kier molecular flexibility index (Phi) is 4.35. The second kappa shape index (κ2) is 6.76. The maximum Gasteiger partial charge on any atom is 0.252 e. The van der Waals surface area contributed by atoms with E-state index in [-0.39, 0.29) is 5.91 Å². The Bertz CT molecular complexity index is 763. The minimum absolute atomic E-state index is 0.0755. The van der Waals surface area contributed by atoms with E-state index in [1.807, 2.05) is 72.8 Å². The molecule has 0 aliphatic rings. The van der Waals surface area contributed by atoms with Gasteiger partial charge in [-0.2, -0.15) is 0 Å². The number of nitrogens with one attached hydrogen (secondary N) is 1. The van der Waals surface area contributed by atoms with E-state index in [9.17, 15) is 4.79 Å². The quantitative estimate of drug-likeness (QED) is 0.729. The molecule has 0 spiro atoms. The SMILES string of the molecule is O=C(NCCOc1ccccc1)c1cccc2ccccc12. The van der Waals surface area contributed by atoms with E-state index in [1.54, 1.807) is 0 Å². The first kappa shape index (κ1) is 14.1. The number of hydrogen-bond donors (Lipinski definition) is 1. The molecule has 0 aromatic heterocycles. The van der Waals surface area contributed by atoms with E-state index in [0.717, 1.165) is 16.5 Å². The number of hydrogen-bond acceptors (Lipinski definition) is 2. The maximum atomic E-state index is 12.3. The highest BCUT2D eigenvalue weighted by molar-refractivity contribution is 6.06. The third kappa shape index (κ3) is 3.26. The second-order valence-electron chi connectivity index (χ2n) is 4.94. The largest absolute Gasteiger partial charge is 0.492 e. The molecule has 3 heteroatoms. The van der Waals surface area contributed by atoms with Crippen molar-refractivity contribution >= 4 is 16.7 Å². The lowest BCUT2D eigenvalue weighted by molar-refractivity contribution is 0.0948. The molecule has 3 nitrogen and oxygen atoms in total. The van der Waals surface area contributed by atoms with Crippen LogP contribution in [0.15, 0.2) is 72.8 Å². The summed E-state index contributed by atoms with van der Waals surface area (Å²) in [4.78, 5) is 12.3. The average molecular weight is 291 g/mol. The van der Waals surface area contributed by atoms with E-state index in [0.29, 0.717) is 18.7 Å². The van der Waals surface area contributed by atoms with Crippen LogP contribution in [0.4, 0.5) is 0 Å². The molecule has 0 bridgehead atoms. The topological polar surface area (TPSA) is 38.3 Å². The summed E-state index contributed by atoms with van der Waals surface area (Å²) in [6, 6.07) is 23.2. The van der Waals surface area contributed by atoms with Crippen molar-refractivity contribution in [2.45, 2.75) is 0 Å². The fourth-order valence-electron chi connectivity index (χ4n) is 2.37. The van der Waals surface area contributed by atoms with Crippen molar-refractivity contribution in [3.8, 4) is 5.75 Å². The van der Waals surface area contributed by atoms with Gasteiger partial charge in [0, 0.05) is 5.56 Å². The molecule has 0 saturated heterocycles. The van der Waals surface area contributed by atoms with Crippen molar-refractivity contribution in [1.29, 1.82) is 0 Å². The third-order valence-corrected chi connectivity index (χ3v) is 3.43. The first-order valence-corrected chi connectivity index (χ1v) is 7.28. The van der Waals surface area contributed by atoms with Gasteiger partial charge in [0.15, 0.2) is 0 Å². The van der Waals surface area contributed by atoms with Crippen LogP contribution in [0.1, 0.15) is 10.4 Å². The molecule has 3 aromatic rings. The molecule has 3 rings (SSSR count). The fraction of sp³-hybridized carbons (Fsp3) is 0.105. The van der Waals surface area contributed by atoms with Gasteiger partial charge in [0.05, 0.1) is 6.54 Å². The van der Waals surface area contributed by atoms with Crippen molar-refractivity contribution < 1.29 is 9.53 Å². The molecule has 1 N–H and O–H groups in total. The molecule has 22 heavy (non-hydrogen) atoms. The Morgan fingerprint density at radius 1 is 0.864 bits per heavy atom. The molecule has 110 valence electrons. The summed E-state index contributed by atoms with van der Waals surface area (Å²) in [5.74, 6) is 0.732. The van der Waals surface area contributed by atoms with Crippen LogP contribution in [0.5, 0.6) is 5.75 Å². The van der Waals surface area contributed by atoms with Gasteiger partial charge in [0.1, 0.15) is 12.4 Å². The first-order valence-electron chi connectivity index (χ1n) is 7.28. The highest BCUT2D eigenvalue weighted by Crippen LogP contribution is 2.18. The summed E-state index contributed by atoms with van der Waals surface area (Å²) in [7, 11) is 0. The fourth-order valence-corrected chi connectivity index (χ4v) is 2.37. The molecule has 0 heterocycles. The summed E-state index contributed by atoms with van der Waals surface area (Å²) < 4.78 is 5.57. The zero-order valence-electron chi connectivity index (χ0n) is 12.2. The minimum atomic E-state index is -0.0755. The van der Waals surface area contributed by atoms with Crippen LogP contribution in [0.25, 0.3) is 10.8 Å². The van der Waals surface area contributed by atoms with Gasteiger partial charge in [-0.3, -0.25) is 4.79 Å². The molecular weight excluding hydrogens is 274 g/mol. The second-order valence-corrected chi connectivity index (χ2v) is 4.94. The standard InChI is InChI=1S/C19H17NO2/c21-19(20-13-14-22-16-9-2-1-3-10-16)18-12-6-8-15-7-4-5-11-17(15)18/h1-12H,13-14H2,(H,20,21). The third-order valence-electron chi connectivity index (χ3n) is 3.43. The molecule has 0 radical (unpaired) electrons. The van der Waals surface area contributed by atoms with Gasteiger partial charge in [0.2, 0.25) is 0 Å². The molecule has 0 unspecified atom stereocenters. The smallest absolute Gasteiger partial charge is 0.252 e. The maximum absolute atomic E-state index is 12.3. The van der Waals surface area contributed by atoms with Gasteiger partial charge in [0.25, 0.3) is 5.91 Å². The van der Waals surface area contributed by atoms with Crippen LogP contribution in [0.3, 0.4) is 0 Å². The summed E-state index contributed by atoms with van der Waals surface area (Å²) in [5, 5.41) is 4.93. The van der Waals surface area contributed by atoms with Crippen molar-refractivity contribution in [1.82, 2.24) is 5.32 Å². The Balaban J connectivity index is 1.60.